The van der Waals surface area contributed by atoms with Crippen LogP contribution in [0.25, 0.3) is 17.1 Å². The van der Waals surface area contributed by atoms with Gasteiger partial charge in [-0.1, -0.05) is 30.3 Å². The number of aromatic nitrogens is 6. The fourth-order valence-corrected chi connectivity index (χ4v) is 3.77. The van der Waals surface area contributed by atoms with Crippen LogP contribution in [0, 0.1) is 0 Å². The first kappa shape index (κ1) is 20.3. The summed E-state index contributed by atoms with van der Waals surface area (Å²) in [5.74, 6) is 1.73. The second-order valence-corrected chi connectivity index (χ2v) is 7.72. The average Bonchev–Trinajstić information content (AvgIpc) is 3.50. The standard InChI is InChI=1S/C23H25N7O2/c1-28-18(7-9-24-28)15-20(31)23-25-21(29-11-13-32-14-12-29)16-22(26-23)30-10-8-19(27-30)17-5-3-2-4-6-17/h2-10,16,20,31H,11-15H2,1H3. The second kappa shape index (κ2) is 8.89. The smallest absolute Gasteiger partial charge is 0.162 e. The Labute approximate surface area is 185 Å². The van der Waals surface area contributed by atoms with E-state index in [2.05, 4.69) is 15.0 Å². The Hall–Kier alpha value is -3.56. The van der Waals surface area contributed by atoms with Crippen LogP contribution in [0.15, 0.2) is 60.9 Å². The summed E-state index contributed by atoms with van der Waals surface area (Å²) in [7, 11) is 1.85. The fraction of sp³-hybridized carbons (Fsp3) is 0.304. The molecule has 9 nitrogen and oxygen atoms in total. The van der Waals surface area contributed by atoms with Gasteiger partial charge in [-0.2, -0.15) is 10.2 Å². The second-order valence-electron chi connectivity index (χ2n) is 7.72. The summed E-state index contributed by atoms with van der Waals surface area (Å²) >= 11 is 0. The Morgan fingerprint density at radius 2 is 1.81 bits per heavy atom. The number of rotatable bonds is 6. The van der Waals surface area contributed by atoms with Gasteiger partial charge in [0, 0.05) is 56.3 Å². The molecule has 3 aromatic heterocycles. The first-order chi connectivity index (χ1) is 15.7. The van der Waals surface area contributed by atoms with E-state index in [0.29, 0.717) is 31.3 Å². The number of aliphatic hydroxyl groups is 1. The van der Waals surface area contributed by atoms with Crippen molar-refractivity contribution in [3.8, 4) is 17.1 Å². The van der Waals surface area contributed by atoms with E-state index in [4.69, 9.17) is 14.8 Å². The zero-order valence-electron chi connectivity index (χ0n) is 17.9. The lowest BCUT2D eigenvalue weighted by Gasteiger charge is -2.28. The van der Waals surface area contributed by atoms with Crippen molar-refractivity contribution in [2.75, 3.05) is 31.2 Å². The minimum atomic E-state index is -0.866. The molecule has 1 aliphatic rings. The van der Waals surface area contributed by atoms with E-state index in [1.165, 1.54) is 0 Å². The van der Waals surface area contributed by atoms with Gasteiger partial charge in [0.15, 0.2) is 11.6 Å². The molecule has 0 bridgehead atoms. The maximum absolute atomic E-state index is 11.0. The van der Waals surface area contributed by atoms with E-state index in [1.54, 1.807) is 15.6 Å². The Morgan fingerprint density at radius 3 is 2.56 bits per heavy atom. The van der Waals surface area contributed by atoms with Crippen molar-refractivity contribution in [2.45, 2.75) is 12.5 Å². The highest BCUT2D eigenvalue weighted by Crippen LogP contribution is 2.23. The number of benzene rings is 1. The van der Waals surface area contributed by atoms with Crippen LogP contribution in [-0.4, -0.2) is 60.9 Å². The molecule has 1 fully saturated rings. The molecule has 1 unspecified atom stereocenters. The fourth-order valence-electron chi connectivity index (χ4n) is 3.77. The summed E-state index contributed by atoms with van der Waals surface area (Å²) in [4.78, 5) is 11.5. The van der Waals surface area contributed by atoms with Crippen molar-refractivity contribution in [1.29, 1.82) is 0 Å². The summed E-state index contributed by atoms with van der Waals surface area (Å²) in [6.07, 6.45) is 3.10. The summed E-state index contributed by atoms with van der Waals surface area (Å²) in [6.45, 7) is 2.77. The molecule has 0 amide bonds. The van der Waals surface area contributed by atoms with E-state index in [0.717, 1.165) is 35.9 Å². The molecule has 4 heterocycles. The van der Waals surface area contributed by atoms with Gasteiger partial charge in [0.2, 0.25) is 0 Å². The molecule has 0 saturated carbocycles. The Balaban J connectivity index is 1.50. The number of ether oxygens (including phenoxy) is 1. The van der Waals surface area contributed by atoms with Crippen molar-refractivity contribution in [2.24, 2.45) is 7.05 Å². The van der Waals surface area contributed by atoms with Gasteiger partial charge < -0.3 is 14.7 Å². The van der Waals surface area contributed by atoms with Gasteiger partial charge in [0.1, 0.15) is 11.9 Å². The predicted molar refractivity (Wildman–Crippen MR) is 119 cm³/mol. The maximum Gasteiger partial charge on any atom is 0.162 e. The lowest BCUT2D eigenvalue weighted by Crippen LogP contribution is -2.37. The Morgan fingerprint density at radius 1 is 1.03 bits per heavy atom. The molecule has 164 valence electrons. The van der Waals surface area contributed by atoms with Crippen molar-refractivity contribution in [3.63, 3.8) is 0 Å². The van der Waals surface area contributed by atoms with Gasteiger partial charge in [-0.3, -0.25) is 4.68 Å². The summed E-state index contributed by atoms with van der Waals surface area (Å²) in [6, 6.07) is 15.8. The highest BCUT2D eigenvalue weighted by molar-refractivity contribution is 5.58. The first-order valence-corrected chi connectivity index (χ1v) is 10.7. The highest BCUT2D eigenvalue weighted by atomic mass is 16.5. The molecule has 4 aromatic rings. The van der Waals surface area contributed by atoms with Crippen LogP contribution in [0.4, 0.5) is 5.82 Å². The highest BCUT2D eigenvalue weighted by Gasteiger charge is 2.20. The van der Waals surface area contributed by atoms with Crippen LogP contribution in [-0.2, 0) is 18.2 Å². The quantitative estimate of drug-likeness (QED) is 0.500. The van der Waals surface area contributed by atoms with Gasteiger partial charge >= 0.3 is 0 Å². The molecule has 0 spiro atoms. The van der Waals surface area contributed by atoms with Gasteiger partial charge in [0.05, 0.1) is 18.9 Å². The lowest BCUT2D eigenvalue weighted by molar-refractivity contribution is 0.122. The summed E-state index contributed by atoms with van der Waals surface area (Å²) in [5, 5.41) is 19.8. The van der Waals surface area contributed by atoms with Gasteiger partial charge in [0.25, 0.3) is 0 Å². The first-order valence-electron chi connectivity index (χ1n) is 10.7. The van der Waals surface area contributed by atoms with Gasteiger partial charge in [-0.15, -0.1) is 0 Å². The molecule has 0 radical (unpaired) electrons. The molecule has 1 saturated heterocycles. The molecule has 1 atom stereocenters. The molecule has 9 heteroatoms. The predicted octanol–water partition coefficient (Wildman–Crippen LogP) is 2.18. The molecule has 32 heavy (non-hydrogen) atoms. The summed E-state index contributed by atoms with van der Waals surface area (Å²) < 4.78 is 8.96. The number of hydrogen-bond acceptors (Lipinski definition) is 7. The van der Waals surface area contributed by atoms with Crippen molar-refractivity contribution >= 4 is 5.82 Å². The van der Waals surface area contributed by atoms with E-state index in [9.17, 15) is 5.11 Å². The number of morpholine rings is 1. The summed E-state index contributed by atoms with van der Waals surface area (Å²) in [5.41, 5.74) is 2.80. The monoisotopic (exact) mass is 431 g/mol. The van der Waals surface area contributed by atoms with E-state index < -0.39 is 6.10 Å². The minimum absolute atomic E-state index is 0.363. The largest absolute Gasteiger partial charge is 0.385 e. The van der Waals surface area contributed by atoms with Crippen LogP contribution in [0.2, 0.25) is 0 Å². The number of nitrogens with zero attached hydrogens (tertiary/aromatic N) is 7. The van der Waals surface area contributed by atoms with E-state index in [-0.39, 0.29) is 0 Å². The zero-order chi connectivity index (χ0) is 21.9. The maximum atomic E-state index is 11.0. The van der Waals surface area contributed by atoms with Crippen LogP contribution in [0.3, 0.4) is 0 Å². The third kappa shape index (κ3) is 4.25. The van der Waals surface area contributed by atoms with Crippen LogP contribution in [0.5, 0.6) is 0 Å². The third-order valence-electron chi connectivity index (χ3n) is 5.57. The number of hydrogen-bond donors (Lipinski definition) is 1. The molecule has 1 aliphatic heterocycles. The molecule has 1 N–H and O–H groups in total. The number of anilines is 1. The Kier molecular flexibility index (Phi) is 5.66. The SMILES string of the molecule is Cn1nccc1CC(O)c1nc(N2CCOCC2)cc(-n2ccc(-c3ccccc3)n2)n1. The van der Waals surface area contributed by atoms with Crippen molar-refractivity contribution < 1.29 is 9.84 Å². The third-order valence-corrected chi connectivity index (χ3v) is 5.57. The normalized spacial score (nSPS) is 15.1. The molecule has 5 rings (SSSR count). The molecular weight excluding hydrogens is 406 g/mol. The average molecular weight is 432 g/mol. The van der Waals surface area contributed by atoms with Gasteiger partial charge in [-0.25, -0.2) is 14.6 Å². The minimum Gasteiger partial charge on any atom is -0.385 e. The number of aliphatic hydroxyl groups excluding tert-OH is 1. The molecule has 0 aliphatic carbocycles. The topological polar surface area (TPSA) is 94.1 Å². The van der Waals surface area contributed by atoms with Crippen LogP contribution < -0.4 is 4.90 Å². The zero-order valence-corrected chi connectivity index (χ0v) is 17.9. The molecular formula is C23H25N7O2. The number of aryl methyl sites for hydroxylation is 1. The van der Waals surface area contributed by atoms with E-state index in [1.807, 2.05) is 61.8 Å². The Bertz CT molecular complexity index is 1180. The molecule has 1 aromatic carbocycles. The van der Waals surface area contributed by atoms with Crippen LogP contribution >= 0.6 is 0 Å². The lowest BCUT2D eigenvalue weighted by atomic mass is 10.2. The van der Waals surface area contributed by atoms with Gasteiger partial charge in [-0.05, 0) is 12.1 Å². The van der Waals surface area contributed by atoms with E-state index >= 15 is 0 Å². The van der Waals surface area contributed by atoms with Crippen molar-refractivity contribution in [3.05, 3.63) is 72.4 Å². The van der Waals surface area contributed by atoms with Crippen LogP contribution in [0.1, 0.15) is 17.6 Å². The van der Waals surface area contributed by atoms with Crippen molar-refractivity contribution in [1.82, 2.24) is 29.5 Å².